The van der Waals surface area contributed by atoms with Gasteiger partial charge in [0.25, 0.3) is 5.91 Å². The summed E-state index contributed by atoms with van der Waals surface area (Å²) in [6.45, 7) is 6.40. The van der Waals surface area contributed by atoms with E-state index in [0.717, 1.165) is 28.6 Å². The second-order valence-electron chi connectivity index (χ2n) is 9.94. The summed E-state index contributed by atoms with van der Waals surface area (Å²) in [7, 11) is 0. The number of para-hydroxylation sites is 1. The highest BCUT2D eigenvalue weighted by atomic mass is 16.6. The lowest BCUT2D eigenvalue weighted by atomic mass is 10.0. The molecule has 0 atom stereocenters. The molecule has 0 unspecified atom stereocenters. The van der Waals surface area contributed by atoms with Gasteiger partial charge in [0, 0.05) is 53.3 Å². The topological polar surface area (TPSA) is 85.3 Å². The molecule has 186 valence electrons. The zero-order chi connectivity index (χ0) is 25.1. The molecule has 0 aliphatic carbocycles. The molecule has 2 aliphatic rings. The van der Waals surface area contributed by atoms with Crippen LogP contribution in [0.3, 0.4) is 0 Å². The lowest BCUT2D eigenvalue weighted by molar-refractivity contribution is 0.0737. The van der Waals surface area contributed by atoms with Crippen LogP contribution in [0.1, 0.15) is 41.5 Å². The number of carbonyl (C=O) groups excluding carboxylic acids is 1. The summed E-state index contributed by atoms with van der Waals surface area (Å²) in [6.07, 6.45) is 2.56. The van der Waals surface area contributed by atoms with E-state index in [1.807, 2.05) is 46.0 Å². The van der Waals surface area contributed by atoms with Crippen molar-refractivity contribution in [2.24, 2.45) is 0 Å². The maximum atomic E-state index is 14.1. The highest BCUT2D eigenvalue weighted by Gasteiger charge is 2.28. The molecule has 1 amide bonds. The smallest absolute Gasteiger partial charge is 0.255 e. The Kier molecular flexibility index (Phi) is 4.96. The number of nitrogens with one attached hydrogen (secondary N) is 1. The van der Waals surface area contributed by atoms with Crippen LogP contribution in [0.15, 0.2) is 54.7 Å². The van der Waals surface area contributed by atoms with Gasteiger partial charge in [0.2, 0.25) is 0 Å². The second kappa shape index (κ2) is 8.37. The van der Waals surface area contributed by atoms with Gasteiger partial charge in [0.15, 0.2) is 17.1 Å². The van der Waals surface area contributed by atoms with Crippen LogP contribution in [0.5, 0.6) is 11.5 Å². The number of amides is 1. The Morgan fingerprint density at radius 3 is 2.73 bits per heavy atom. The minimum absolute atomic E-state index is 0.00886. The van der Waals surface area contributed by atoms with Crippen LogP contribution in [-0.2, 0) is 13.0 Å². The first-order chi connectivity index (χ1) is 18.1. The number of nitrogens with zero attached hydrogens (tertiary/aromatic N) is 4. The van der Waals surface area contributed by atoms with Gasteiger partial charge in [0.1, 0.15) is 13.2 Å². The molecule has 0 spiro atoms. The van der Waals surface area contributed by atoms with Gasteiger partial charge in [-0.25, -0.2) is 9.67 Å². The zero-order valence-electron chi connectivity index (χ0n) is 20.8. The van der Waals surface area contributed by atoms with E-state index in [-0.39, 0.29) is 11.9 Å². The average Bonchev–Trinajstić information content (AvgIpc) is 3.53. The van der Waals surface area contributed by atoms with Gasteiger partial charge in [-0.05, 0) is 44.2 Å². The number of ether oxygens (including phenoxy) is 2. The summed E-state index contributed by atoms with van der Waals surface area (Å²) in [6, 6.07) is 16.1. The van der Waals surface area contributed by atoms with Crippen LogP contribution in [0.25, 0.3) is 33.2 Å². The molecule has 2 aromatic carbocycles. The van der Waals surface area contributed by atoms with Gasteiger partial charge in [-0.1, -0.05) is 18.2 Å². The normalized spacial score (nSPS) is 14.9. The summed E-state index contributed by atoms with van der Waals surface area (Å²) in [4.78, 5) is 24.5. The van der Waals surface area contributed by atoms with Crippen molar-refractivity contribution in [3.63, 3.8) is 0 Å². The Hall–Kier alpha value is -4.33. The fourth-order valence-corrected chi connectivity index (χ4v) is 5.43. The monoisotopic (exact) mass is 493 g/mol. The first kappa shape index (κ1) is 21.9. The van der Waals surface area contributed by atoms with E-state index in [1.54, 1.807) is 6.20 Å². The van der Waals surface area contributed by atoms with Gasteiger partial charge < -0.3 is 19.4 Å². The van der Waals surface area contributed by atoms with E-state index in [9.17, 15) is 4.79 Å². The highest BCUT2D eigenvalue weighted by molar-refractivity contribution is 6.06. The van der Waals surface area contributed by atoms with Crippen LogP contribution in [-0.4, -0.2) is 50.3 Å². The van der Waals surface area contributed by atoms with Crippen LogP contribution in [0, 0.1) is 0 Å². The third kappa shape index (κ3) is 3.55. The largest absolute Gasteiger partial charge is 0.486 e. The molecule has 2 aliphatic heterocycles. The predicted molar refractivity (Wildman–Crippen MR) is 141 cm³/mol. The second-order valence-corrected chi connectivity index (χ2v) is 9.94. The number of hydrogen-bond acceptors (Lipinski definition) is 5. The van der Waals surface area contributed by atoms with Gasteiger partial charge in [0.05, 0.1) is 22.8 Å². The van der Waals surface area contributed by atoms with Crippen molar-refractivity contribution in [1.82, 2.24) is 24.6 Å². The molecule has 8 nitrogen and oxygen atoms in total. The molecular weight excluding hydrogens is 466 g/mol. The van der Waals surface area contributed by atoms with Crippen molar-refractivity contribution in [3.05, 3.63) is 71.5 Å². The average molecular weight is 494 g/mol. The van der Waals surface area contributed by atoms with Crippen molar-refractivity contribution >= 4 is 27.8 Å². The molecule has 0 saturated heterocycles. The minimum Gasteiger partial charge on any atom is -0.486 e. The Bertz CT molecular complexity index is 1680. The summed E-state index contributed by atoms with van der Waals surface area (Å²) in [5.41, 5.74) is 6.43. The highest BCUT2D eigenvalue weighted by Crippen LogP contribution is 2.36. The zero-order valence-corrected chi connectivity index (χ0v) is 20.8. The fraction of sp³-hybridized carbons (Fsp3) is 0.276. The van der Waals surface area contributed by atoms with Crippen molar-refractivity contribution < 1.29 is 14.3 Å². The number of hydrogen-bond donors (Lipinski definition) is 1. The Morgan fingerprint density at radius 2 is 1.86 bits per heavy atom. The third-order valence-corrected chi connectivity index (χ3v) is 7.29. The van der Waals surface area contributed by atoms with E-state index in [0.29, 0.717) is 49.0 Å². The first-order valence-corrected chi connectivity index (χ1v) is 12.7. The van der Waals surface area contributed by atoms with Gasteiger partial charge in [-0.15, -0.1) is 0 Å². The molecular formula is C29H27N5O3. The summed E-state index contributed by atoms with van der Waals surface area (Å²) in [5, 5.41) is 6.54. The SMILES string of the molecule is CC(C)n1ncc2c(C(=O)N3CCc4[nH]c5ccccc5c4C3)cc(-c3ccc4c(c3)OCCO4)nc21. The van der Waals surface area contributed by atoms with Crippen molar-refractivity contribution in [2.45, 2.75) is 32.9 Å². The number of fused-ring (bicyclic) bond motifs is 5. The Morgan fingerprint density at radius 1 is 1.03 bits per heavy atom. The van der Waals surface area contributed by atoms with Crippen molar-refractivity contribution in [1.29, 1.82) is 0 Å². The molecule has 0 radical (unpaired) electrons. The Labute approximate surface area is 213 Å². The van der Waals surface area contributed by atoms with Gasteiger partial charge in [-0.3, -0.25) is 4.79 Å². The minimum atomic E-state index is -0.00886. The van der Waals surface area contributed by atoms with Crippen LogP contribution < -0.4 is 9.47 Å². The molecule has 5 aromatic rings. The fourth-order valence-electron chi connectivity index (χ4n) is 5.43. The first-order valence-electron chi connectivity index (χ1n) is 12.7. The molecule has 0 saturated carbocycles. The van der Waals surface area contributed by atoms with E-state index < -0.39 is 0 Å². The molecule has 1 N–H and O–H groups in total. The third-order valence-electron chi connectivity index (χ3n) is 7.29. The maximum Gasteiger partial charge on any atom is 0.255 e. The Balaban J connectivity index is 1.33. The summed E-state index contributed by atoms with van der Waals surface area (Å²) in [5.74, 6) is 1.41. The number of H-pyrrole nitrogens is 1. The standard InChI is InChI=1S/C29H27N5O3/c1-17(2)34-28-21(15-30-34)20(14-25(32-28)18-7-8-26-27(13-18)37-12-11-36-26)29(35)33-10-9-24-22(16-33)19-5-3-4-6-23(19)31-24/h3-8,13-15,17,31H,9-12,16H2,1-2H3. The molecule has 37 heavy (non-hydrogen) atoms. The molecule has 8 heteroatoms. The lowest BCUT2D eigenvalue weighted by Gasteiger charge is -2.28. The summed E-state index contributed by atoms with van der Waals surface area (Å²) >= 11 is 0. The van der Waals surface area contributed by atoms with E-state index in [4.69, 9.17) is 14.5 Å². The number of pyridine rings is 1. The number of rotatable bonds is 3. The van der Waals surface area contributed by atoms with Crippen LogP contribution in [0.2, 0.25) is 0 Å². The lowest BCUT2D eigenvalue weighted by Crippen LogP contribution is -2.36. The summed E-state index contributed by atoms with van der Waals surface area (Å²) < 4.78 is 13.4. The van der Waals surface area contributed by atoms with E-state index >= 15 is 0 Å². The van der Waals surface area contributed by atoms with E-state index in [2.05, 4.69) is 36.1 Å². The molecule has 0 fully saturated rings. The quantitative estimate of drug-likeness (QED) is 0.377. The number of carbonyl (C=O) groups is 1. The maximum absolute atomic E-state index is 14.1. The molecule has 5 heterocycles. The van der Waals surface area contributed by atoms with Crippen molar-refractivity contribution in [3.8, 4) is 22.8 Å². The predicted octanol–water partition coefficient (Wildman–Crippen LogP) is 5.13. The molecule has 7 rings (SSSR count). The van der Waals surface area contributed by atoms with E-state index in [1.165, 1.54) is 16.6 Å². The van der Waals surface area contributed by atoms with Gasteiger partial charge >= 0.3 is 0 Å². The van der Waals surface area contributed by atoms with Gasteiger partial charge in [-0.2, -0.15) is 5.10 Å². The van der Waals surface area contributed by atoms with Crippen LogP contribution in [0.4, 0.5) is 0 Å². The van der Waals surface area contributed by atoms with Crippen LogP contribution >= 0.6 is 0 Å². The molecule has 0 bridgehead atoms. The number of benzene rings is 2. The van der Waals surface area contributed by atoms with Crippen molar-refractivity contribution in [2.75, 3.05) is 19.8 Å². The number of aromatic nitrogens is 4. The number of aromatic amines is 1. The molecule has 3 aromatic heterocycles.